The van der Waals surface area contributed by atoms with Gasteiger partial charge < -0.3 is 10.6 Å². The van der Waals surface area contributed by atoms with Gasteiger partial charge in [0, 0.05) is 13.1 Å². The molecule has 0 aliphatic carbocycles. The zero-order valence-electron chi connectivity index (χ0n) is 9.81. The van der Waals surface area contributed by atoms with Gasteiger partial charge in [0.2, 0.25) is 5.91 Å². The Labute approximate surface area is 96.2 Å². The summed E-state index contributed by atoms with van der Waals surface area (Å²) < 4.78 is 0. The minimum Gasteiger partial charge on any atom is -0.335 e. The largest absolute Gasteiger partial charge is 0.335 e. The Bertz CT molecular complexity index is 383. The maximum Gasteiger partial charge on any atom is 0.241 e. The number of nitrogens with zero attached hydrogens (tertiary/aromatic N) is 1. The molecule has 1 unspecified atom stereocenters. The van der Waals surface area contributed by atoms with Gasteiger partial charge in [-0.15, -0.1) is 0 Å². The number of benzene rings is 1. The summed E-state index contributed by atoms with van der Waals surface area (Å²) in [6, 6.07) is 8.17. The molecule has 0 spiro atoms. The predicted molar refractivity (Wildman–Crippen MR) is 63.9 cm³/mol. The van der Waals surface area contributed by atoms with Crippen LogP contribution in [0.5, 0.6) is 0 Å². The molecule has 0 bridgehead atoms. The second kappa shape index (κ2) is 4.26. The Balaban J connectivity index is 1.98. The van der Waals surface area contributed by atoms with E-state index in [1.165, 1.54) is 11.1 Å². The van der Waals surface area contributed by atoms with Crippen LogP contribution in [-0.4, -0.2) is 23.4 Å². The third-order valence-electron chi connectivity index (χ3n) is 3.07. The molecule has 1 atom stereocenters. The summed E-state index contributed by atoms with van der Waals surface area (Å²) in [7, 11) is 0. The standard InChI is InChI=1S/C13H18N2O/c1-9(2)11-5-3-10(4-6-11)7-15-8-12(14)13(15)16/h3-6,9,12H,7-8,14H2,1-2H3. The predicted octanol–water partition coefficient (Wildman–Crippen LogP) is 1.48. The van der Waals surface area contributed by atoms with Gasteiger partial charge in [0.05, 0.1) is 0 Å². The molecule has 1 aliphatic rings. The molecule has 1 aromatic rings. The van der Waals surface area contributed by atoms with Gasteiger partial charge in [0.25, 0.3) is 0 Å². The number of likely N-dealkylation sites (tertiary alicyclic amines) is 1. The Kier molecular flexibility index (Phi) is 2.97. The second-order valence-electron chi connectivity index (χ2n) is 4.72. The van der Waals surface area contributed by atoms with E-state index in [-0.39, 0.29) is 11.9 Å². The topological polar surface area (TPSA) is 46.3 Å². The molecule has 86 valence electrons. The van der Waals surface area contributed by atoms with Crippen LogP contribution in [0.3, 0.4) is 0 Å². The second-order valence-corrected chi connectivity index (χ2v) is 4.72. The molecule has 3 heteroatoms. The molecule has 1 aromatic carbocycles. The number of rotatable bonds is 3. The molecule has 1 fully saturated rings. The Morgan fingerprint density at radius 3 is 2.44 bits per heavy atom. The first-order chi connectivity index (χ1) is 7.58. The van der Waals surface area contributed by atoms with Crippen LogP contribution in [0.15, 0.2) is 24.3 Å². The minimum atomic E-state index is -0.269. The lowest BCUT2D eigenvalue weighted by molar-refractivity contribution is -0.143. The van der Waals surface area contributed by atoms with Crippen molar-refractivity contribution in [2.45, 2.75) is 32.4 Å². The Hall–Kier alpha value is -1.35. The van der Waals surface area contributed by atoms with Crippen molar-refractivity contribution >= 4 is 5.91 Å². The maximum atomic E-state index is 11.3. The summed E-state index contributed by atoms with van der Waals surface area (Å²) >= 11 is 0. The van der Waals surface area contributed by atoms with E-state index >= 15 is 0 Å². The molecular formula is C13H18N2O. The first kappa shape index (κ1) is 11.1. The Morgan fingerprint density at radius 1 is 1.38 bits per heavy atom. The summed E-state index contributed by atoms with van der Waals surface area (Å²) in [4.78, 5) is 13.1. The van der Waals surface area contributed by atoms with Crippen LogP contribution in [0.1, 0.15) is 30.9 Å². The van der Waals surface area contributed by atoms with Gasteiger partial charge in [-0.25, -0.2) is 0 Å². The van der Waals surface area contributed by atoms with E-state index in [0.29, 0.717) is 19.0 Å². The molecule has 1 amide bonds. The molecule has 1 heterocycles. The molecule has 2 rings (SSSR count). The van der Waals surface area contributed by atoms with Crippen molar-refractivity contribution in [1.82, 2.24) is 4.90 Å². The summed E-state index contributed by atoms with van der Waals surface area (Å²) in [6.07, 6.45) is 0. The molecule has 1 saturated heterocycles. The third kappa shape index (κ3) is 2.09. The summed E-state index contributed by atoms with van der Waals surface area (Å²) in [6.45, 7) is 5.72. The number of nitrogens with two attached hydrogens (primary N) is 1. The molecule has 1 aliphatic heterocycles. The van der Waals surface area contributed by atoms with Crippen LogP contribution in [0.4, 0.5) is 0 Å². The number of hydrogen-bond donors (Lipinski definition) is 1. The average Bonchev–Trinajstić information content (AvgIpc) is 2.29. The molecule has 2 N–H and O–H groups in total. The van der Waals surface area contributed by atoms with Crippen LogP contribution in [0, 0.1) is 0 Å². The zero-order chi connectivity index (χ0) is 11.7. The monoisotopic (exact) mass is 218 g/mol. The average molecular weight is 218 g/mol. The highest BCUT2D eigenvalue weighted by atomic mass is 16.2. The third-order valence-corrected chi connectivity index (χ3v) is 3.07. The van der Waals surface area contributed by atoms with Gasteiger partial charge in [-0.1, -0.05) is 38.1 Å². The summed E-state index contributed by atoms with van der Waals surface area (Å²) in [5, 5.41) is 0. The van der Waals surface area contributed by atoms with E-state index in [1.807, 2.05) is 0 Å². The highest BCUT2D eigenvalue weighted by Crippen LogP contribution is 2.17. The fraction of sp³-hybridized carbons (Fsp3) is 0.462. The fourth-order valence-corrected chi connectivity index (χ4v) is 1.90. The van der Waals surface area contributed by atoms with Crippen LogP contribution in [-0.2, 0) is 11.3 Å². The maximum absolute atomic E-state index is 11.3. The molecule has 3 nitrogen and oxygen atoms in total. The van der Waals surface area contributed by atoms with Gasteiger partial charge >= 0.3 is 0 Å². The molecule has 16 heavy (non-hydrogen) atoms. The van der Waals surface area contributed by atoms with Crippen molar-refractivity contribution in [3.8, 4) is 0 Å². The Morgan fingerprint density at radius 2 is 2.00 bits per heavy atom. The molecule has 0 saturated carbocycles. The molecular weight excluding hydrogens is 200 g/mol. The van der Waals surface area contributed by atoms with Crippen molar-refractivity contribution in [3.05, 3.63) is 35.4 Å². The zero-order valence-corrected chi connectivity index (χ0v) is 9.81. The molecule has 0 radical (unpaired) electrons. The van der Waals surface area contributed by atoms with E-state index in [2.05, 4.69) is 38.1 Å². The van der Waals surface area contributed by atoms with E-state index in [0.717, 1.165) is 0 Å². The lowest BCUT2D eigenvalue weighted by Gasteiger charge is -2.36. The van der Waals surface area contributed by atoms with Gasteiger partial charge in [-0.05, 0) is 17.0 Å². The first-order valence-electron chi connectivity index (χ1n) is 5.71. The lowest BCUT2D eigenvalue weighted by atomic mass is 10.0. The molecule has 0 aromatic heterocycles. The number of carbonyl (C=O) groups excluding carboxylic acids is 1. The van der Waals surface area contributed by atoms with E-state index in [1.54, 1.807) is 4.90 Å². The van der Waals surface area contributed by atoms with Gasteiger partial charge in [0.15, 0.2) is 0 Å². The summed E-state index contributed by atoms with van der Waals surface area (Å²) in [5.41, 5.74) is 8.04. The first-order valence-corrected chi connectivity index (χ1v) is 5.71. The number of hydrogen-bond acceptors (Lipinski definition) is 2. The lowest BCUT2D eigenvalue weighted by Crippen LogP contribution is -2.60. The van der Waals surface area contributed by atoms with E-state index in [9.17, 15) is 4.79 Å². The SMILES string of the molecule is CC(C)c1ccc(CN2CC(N)C2=O)cc1. The van der Waals surface area contributed by atoms with Gasteiger partial charge in [-0.2, -0.15) is 0 Å². The fourth-order valence-electron chi connectivity index (χ4n) is 1.90. The van der Waals surface area contributed by atoms with Crippen molar-refractivity contribution in [2.24, 2.45) is 5.73 Å². The van der Waals surface area contributed by atoms with Crippen LogP contribution < -0.4 is 5.73 Å². The number of amides is 1. The normalized spacial score (nSPS) is 20.1. The van der Waals surface area contributed by atoms with Gasteiger partial charge in [0.1, 0.15) is 6.04 Å². The highest BCUT2D eigenvalue weighted by molar-refractivity contribution is 5.87. The minimum absolute atomic E-state index is 0.0629. The quantitative estimate of drug-likeness (QED) is 0.781. The van der Waals surface area contributed by atoms with Crippen LogP contribution in [0.25, 0.3) is 0 Å². The van der Waals surface area contributed by atoms with E-state index < -0.39 is 0 Å². The van der Waals surface area contributed by atoms with Crippen LogP contribution >= 0.6 is 0 Å². The van der Waals surface area contributed by atoms with Gasteiger partial charge in [-0.3, -0.25) is 4.79 Å². The van der Waals surface area contributed by atoms with Crippen LogP contribution in [0.2, 0.25) is 0 Å². The van der Waals surface area contributed by atoms with Crippen molar-refractivity contribution < 1.29 is 4.79 Å². The van der Waals surface area contributed by atoms with Crippen molar-refractivity contribution in [3.63, 3.8) is 0 Å². The smallest absolute Gasteiger partial charge is 0.241 e. The van der Waals surface area contributed by atoms with E-state index in [4.69, 9.17) is 5.73 Å². The van der Waals surface area contributed by atoms with Crippen molar-refractivity contribution in [1.29, 1.82) is 0 Å². The van der Waals surface area contributed by atoms with Crippen molar-refractivity contribution in [2.75, 3.05) is 6.54 Å². The highest BCUT2D eigenvalue weighted by Gasteiger charge is 2.32. The number of carbonyl (C=O) groups is 1. The summed E-state index contributed by atoms with van der Waals surface area (Å²) in [5.74, 6) is 0.612. The number of β-lactam (4-membered cyclic amide) rings is 1.